The number of unbranched alkanes of at least 4 members (excludes halogenated alkanes) is 9. The molecule has 2 aromatic rings. The van der Waals surface area contributed by atoms with Gasteiger partial charge in [-0.15, -0.1) is 0 Å². The zero-order valence-corrected chi connectivity index (χ0v) is 18.3. The zero-order chi connectivity index (χ0) is 19.7. The van der Waals surface area contributed by atoms with E-state index in [0.29, 0.717) is 0 Å². The summed E-state index contributed by atoms with van der Waals surface area (Å²) in [5.41, 5.74) is 3.03. The zero-order valence-electron chi connectivity index (χ0n) is 18.3. The lowest BCUT2D eigenvalue weighted by Gasteiger charge is -2.17. The highest BCUT2D eigenvalue weighted by Crippen LogP contribution is 2.28. The van der Waals surface area contributed by atoms with Crippen LogP contribution in [0.25, 0.3) is 0 Å². The molecule has 2 aromatic carbocycles. The molecule has 0 radical (unpaired) electrons. The van der Waals surface area contributed by atoms with Crippen molar-refractivity contribution in [3.05, 3.63) is 71.8 Å². The minimum absolute atomic E-state index is 0.735. The molecule has 1 atom stereocenters. The lowest BCUT2D eigenvalue weighted by Crippen LogP contribution is -2.00. The predicted octanol–water partition coefficient (Wildman–Crippen LogP) is 9.10. The lowest BCUT2D eigenvalue weighted by atomic mass is 9.88. The maximum Gasteiger partial charge on any atom is -0.0162 e. The quantitative estimate of drug-likeness (QED) is 0.255. The molecule has 0 N–H and O–H groups in total. The molecule has 0 aliphatic carbocycles. The van der Waals surface area contributed by atoms with Crippen molar-refractivity contribution in [1.82, 2.24) is 0 Å². The normalized spacial score (nSPS) is 12.2. The standard InChI is InChI=1S/C28H42/c1-2-3-4-5-6-7-8-9-10-15-22-28(27-23-16-12-17-24-27)25-18-21-26-19-13-11-14-20-26/h11-14,16-17,19-20,23-24,28H,2-10,15,18,21-22,25H2,1H3. The second-order valence-electron chi connectivity index (χ2n) is 8.46. The van der Waals surface area contributed by atoms with Gasteiger partial charge in [-0.1, -0.05) is 132 Å². The van der Waals surface area contributed by atoms with E-state index in [1.54, 1.807) is 5.56 Å². The monoisotopic (exact) mass is 378 g/mol. The summed E-state index contributed by atoms with van der Waals surface area (Å²) in [6.07, 6.45) is 19.4. The number of hydrogen-bond acceptors (Lipinski definition) is 0. The maximum atomic E-state index is 2.34. The van der Waals surface area contributed by atoms with Crippen LogP contribution in [0.15, 0.2) is 60.7 Å². The molecule has 0 heteroatoms. The molecule has 1 unspecified atom stereocenters. The smallest absolute Gasteiger partial charge is 0.0162 e. The average molecular weight is 379 g/mol. The lowest BCUT2D eigenvalue weighted by molar-refractivity contribution is 0.498. The fourth-order valence-electron chi connectivity index (χ4n) is 4.28. The van der Waals surface area contributed by atoms with E-state index in [9.17, 15) is 0 Å². The van der Waals surface area contributed by atoms with Gasteiger partial charge in [0.2, 0.25) is 0 Å². The Morgan fingerprint density at radius 3 is 1.64 bits per heavy atom. The van der Waals surface area contributed by atoms with E-state index in [1.807, 2.05) is 0 Å². The number of benzene rings is 2. The van der Waals surface area contributed by atoms with Crippen molar-refractivity contribution in [2.24, 2.45) is 0 Å². The molecule has 0 nitrogen and oxygen atoms in total. The molecule has 0 amide bonds. The van der Waals surface area contributed by atoms with Crippen molar-refractivity contribution in [2.45, 2.75) is 103 Å². The molecule has 0 aliphatic rings. The fourth-order valence-corrected chi connectivity index (χ4v) is 4.28. The summed E-state index contributed by atoms with van der Waals surface area (Å²) in [6.45, 7) is 2.30. The van der Waals surface area contributed by atoms with E-state index in [1.165, 1.54) is 95.5 Å². The maximum absolute atomic E-state index is 2.34. The molecule has 0 heterocycles. The average Bonchev–Trinajstić information content (AvgIpc) is 2.75. The van der Waals surface area contributed by atoms with Crippen molar-refractivity contribution in [2.75, 3.05) is 0 Å². The van der Waals surface area contributed by atoms with Crippen molar-refractivity contribution >= 4 is 0 Å². The van der Waals surface area contributed by atoms with Crippen LogP contribution in [0.3, 0.4) is 0 Å². The largest absolute Gasteiger partial charge is 0.0654 e. The fraction of sp³-hybridized carbons (Fsp3) is 0.571. The van der Waals surface area contributed by atoms with Gasteiger partial charge in [-0.05, 0) is 42.7 Å². The molecule has 0 aromatic heterocycles. The third kappa shape index (κ3) is 10.1. The molecule has 0 fully saturated rings. The molecule has 154 valence electrons. The van der Waals surface area contributed by atoms with Crippen LogP contribution >= 0.6 is 0 Å². The molecule has 2 rings (SSSR count). The van der Waals surface area contributed by atoms with Gasteiger partial charge in [-0.3, -0.25) is 0 Å². The molecule has 0 aliphatic heterocycles. The molecule has 0 saturated heterocycles. The first kappa shape index (κ1) is 22.7. The van der Waals surface area contributed by atoms with Crippen LogP contribution in [0, 0.1) is 0 Å². The molecular weight excluding hydrogens is 336 g/mol. The Morgan fingerprint density at radius 2 is 1.04 bits per heavy atom. The highest BCUT2D eigenvalue weighted by Gasteiger charge is 2.11. The first-order valence-electron chi connectivity index (χ1n) is 12.0. The summed E-state index contributed by atoms with van der Waals surface area (Å²) in [5, 5.41) is 0. The van der Waals surface area contributed by atoms with E-state index in [0.717, 1.165) is 5.92 Å². The summed E-state index contributed by atoms with van der Waals surface area (Å²) >= 11 is 0. The summed E-state index contributed by atoms with van der Waals surface area (Å²) in [6, 6.07) is 22.2. The number of rotatable bonds is 16. The van der Waals surface area contributed by atoms with Crippen molar-refractivity contribution in [3.63, 3.8) is 0 Å². The number of hydrogen-bond donors (Lipinski definition) is 0. The van der Waals surface area contributed by atoms with E-state index in [-0.39, 0.29) is 0 Å². The summed E-state index contributed by atoms with van der Waals surface area (Å²) < 4.78 is 0. The molecule has 0 bridgehead atoms. The van der Waals surface area contributed by atoms with Crippen LogP contribution in [0.4, 0.5) is 0 Å². The Hall–Kier alpha value is -1.56. The van der Waals surface area contributed by atoms with Gasteiger partial charge in [0.1, 0.15) is 0 Å². The Morgan fingerprint density at radius 1 is 0.536 bits per heavy atom. The Balaban J connectivity index is 1.63. The number of aryl methyl sites for hydroxylation is 1. The van der Waals surface area contributed by atoms with Gasteiger partial charge in [-0.2, -0.15) is 0 Å². The highest BCUT2D eigenvalue weighted by atomic mass is 14.2. The second-order valence-corrected chi connectivity index (χ2v) is 8.46. The molecule has 0 spiro atoms. The van der Waals surface area contributed by atoms with E-state index in [4.69, 9.17) is 0 Å². The molecule has 0 saturated carbocycles. The van der Waals surface area contributed by atoms with Crippen LogP contribution in [-0.2, 0) is 6.42 Å². The minimum Gasteiger partial charge on any atom is -0.0654 e. The first-order valence-corrected chi connectivity index (χ1v) is 12.0. The third-order valence-electron chi connectivity index (χ3n) is 6.04. The highest BCUT2D eigenvalue weighted by molar-refractivity contribution is 5.20. The Kier molecular flexibility index (Phi) is 12.5. The Labute approximate surface area is 174 Å². The summed E-state index contributed by atoms with van der Waals surface area (Å²) in [4.78, 5) is 0. The summed E-state index contributed by atoms with van der Waals surface area (Å²) in [5.74, 6) is 0.735. The van der Waals surface area contributed by atoms with Gasteiger partial charge in [0, 0.05) is 0 Å². The van der Waals surface area contributed by atoms with Gasteiger partial charge in [0.05, 0.1) is 0 Å². The van der Waals surface area contributed by atoms with Crippen LogP contribution < -0.4 is 0 Å². The van der Waals surface area contributed by atoms with Gasteiger partial charge >= 0.3 is 0 Å². The summed E-state index contributed by atoms with van der Waals surface area (Å²) in [7, 11) is 0. The Bertz CT molecular complexity index is 572. The van der Waals surface area contributed by atoms with Crippen LogP contribution in [0.2, 0.25) is 0 Å². The van der Waals surface area contributed by atoms with Crippen molar-refractivity contribution in [1.29, 1.82) is 0 Å². The van der Waals surface area contributed by atoms with Gasteiger partial charge in [0.25, 0.3) is 0 Å². The van der Waals surface area contributed by atoms with E-state index in [2.05, 4.69) is 67.6 Å². The van der Waals surface area contributed by atoms with Crippen LogP contribution in [0.1, 0.15) is 107 Å². The van der Waals surface area contributed by atoms with Crippen LogP contribution in [-0.4, -0.2) is 0 Å². The first-order chi connectivity index (χ1) is 13.9. The SMILES string of the molecule is CCCCCCCCCCCCC(CCCc1ccccc1)c1ccccc1. The van der Waals surface area contributed by atoms with Crippen molar-refractivity contribution < 1.29 is 0 Å². The topological polar surface area (TPSA) is 0 Å². The minimum atomic E-state index is 0.735. The second kappa shape index (κ2) is 15.4. The van der Waals surface area contributed by atoms with Gasteiger partial charge < -0.3 is 0 Å². The van der Waals surface area contributed by atoms with Gasteiger partial charge in [0.15, 0.2) is 0 Å². The molecular formula is C28H42. The van der Waals surface area contributed by atoms with Crippen molar-refractivity contribution in [3.8, 4) is 0 Å². The van der Waals surface area contributed by atoms with Crippen LogP contribution in [0.5, 0.6) is 0 Å². The molecule has 28 heavy (non-hydrogen) atoms. The predicted molar refractivity (Wildman–Crippen MR) is 125 cm³/mol. The third-order valence-corrected chi connectivity index (χ3v) is 6.04. The van der Waals surface area contributed by atoms with Gasteiger partial charge in [-0.25, -0.2) is 0 Å². The van der Waals surface area contributed by atoms with E-state index >= 15 is 0 Å². The van der Waals surface area contributed by atoms with E-state index < -0.39 is 0 Å².